The molecule has 0 aliphatic rings. The smallest absolute Gasteiger partial charge is 0.0192 e. The van der Waals surface area contributed by atoms with Crippen LogP contribution in [-0.2, 0) is 0 Å². The first-order chi connectivity index (χ1) is 6.04. The van der Waals surface area contributed by atoms with Crippen molar-refractivity contribution in [1.29, 1.82) is 0 Å². The van der Waals surface area contributed by atoms with E-state index in [2.05, 4.69) is 60.7 Å². The Hall–Kier alpha value is -0.460. The van der Waals surface area contributed by atoms with Crippen molar-refractivity contribution < 1.29 is 0 Å². The first kappa shape index (κ1) is 13.5. The molecule has 14 heavy (non-hydrogen) atoms. The second kappa shape index (κ2) is 4.37. The molecule has 0 fully saturated rings. The molecule has 0 spiro atoms. The molecule has 0 aliphatic carbocycles. The summed E-state index contributed by atoms with van der Waals surface area (Å²) in [5, 5.41) is 3.51. The van der Waals surface area contributed by atoms with E-state index in [1.54, 1.807) is 0 Å². The second-order valence-corrected chi connectivity index (χ2v) is 6.41. The van der Waals surface area contributed by atoms with Crippen LogP contribution in [0.15, 0.2) is 11.3 Å². The highest BCUT2D eigenvalue weighted by Gasteiger charge is 2.16. The fraction of sp³-hybridized carbons (Fsp3) is 0.846. The summed E-state index contributed by atoms with van der Waals surface area (Å²) in [4.78, 5) is 0. The van der Waals surface area contributed by atoms with Crippen LogP contribution < -0.4 is 5.32 Å². The molecule has 0 heterocycles. The number of hydrogen-bond donors (Lipinski definition) is 1. The lowest BCUT2D eigenvalue weighted by molar-refractivity contribution is 0.392. The van der Waals surface area contributed by atoms with E-state index in [4.69, 9.17) is 0 Å². The van der Waals surface area contributed by atoms with Crippen LogP contribution in [0.3, 0.4) is 0 Å². The van der Waals surface area contributed by atoms with Crippen molar-refractivity contribution >= 4 is 0 Å². The van der Waals surface area contributed by atoms with Gasteiger partial charge >= 0.3 is 0 Å². The normalized spacial score (nSPS) is 15.1. The molecule has 1 N–H and O–H groups in total. The highest BCUT2D eigenvalue weighted by molar-refractivity contribution is 5.14. The van der Waals surface area contributed by atoms with Crippen LogP contribution in [0.1, 0.15) is 55.4 Å². The molecule has 0 aromatic carbocycles. The van der Waals surface area contributed by atoms with E-state index in [1.807, 2.05) is 0 Å². The molecule has 0 bridgehead atoms. The van der Waals surface area contributed by atoms with Crippen molar-refractivity contribution in [3.05, 3.63) is 11.3 Å². The zero-order valence-electron chi connectivity index (χ0n) is 11.2. The Balaban J connectivity index is 4.40. The Morgan fingerprint density at radius 3 is 1.64 bits per heavy atom. The minimum atomic E-state index is 0.273. The molecule has 84 valence electrons. The average Bonchev–Trinajstić information content (AvgIpc) is 1.95. The number of rotatable bonds is 2. The summed E-state index contributed by atoms with van der Waals surface area (Å²) in [5.74, 6) is 0. The van der Waals surface area contributed by atoms with Gasteiger partial charge in [0.05, 0.1) is 0 Å². The molecule has 0 atom stereocenters. The highest BCUT2D eigenvalue weighted by Crippen LogP contribution is 2.26. The Kier molecular flexibility index (Phi) is 4.23. The predicted octanol–water partition coefficient (Wildman–Crippen LogP) is 3.96. The number of allylic oxidation sites excluding steroid dienone is 2. The molecule has 0 unspecified atom stereocenters. The Labute approximate surface area is 90.0 Å². The summed E-state index contributed by atoms with van der Waals surface area (Å²) in [7, 11) is 0. The lowest BCUT2D eigenvalue weighted by atomic mass is 9.86. The van der Waals surface area contributed by atoms with Crippen molar-refractivity contribution in [3.63, 3.8) is 0 Å². The van der Waals surface area contributed by atoms with Gasteiger partial charge in [-0.1, -0.05) is 41.5 Å². The molecular weight excluding hydrogens is 170 g/mol. The van der Waals surface area contributed by atoms with Crippen molar-refractivity contribution in [2.75, 3.05) is 6.54 Å². The van der Waals surface area contributed by atoms with Gasteiger partial charge in [-0.3, -0.25) is 0 Å². The van der Waals surface area contributed by atoms with Gasteiger partial charge in [0, 0.05) is 12.2 Å². The number of nitrogens with one attached hydrogen (secondary N) is 1. The van der Waals surface area contributed by atoms with Gasteiger partial charge in [-0.25, -0.2) is 0 Å². The molecule has 0 saturated heterocycles. The fourth-order valence-corrected chi connectivity index (χ4v) is 1.09. The second-order valence-electron chi connectivity index (χ2n) is 6.41. The van der Waals surface area contributed by atoms with Crippen LogP contribution in [0.2, 0.25) is 0 Å². The molecule has 1 nitrogen and oxygen atoms in total. The van der Waals surface area contributed by atoms with Gasteiger partial charge in [0.15, 0.2) is 0 Å². The summed E-state index contributed by atoms with van der Waals surface area (Å²) in [6.07, 6.45) is 0. The summed E-state index contributed by atoms with van der Waals surface area (Å²) in [6.45, 7) is 18.9. The van der Waals surface area contributed by atoms with E-state index in [0.29, 0.717) is 5.41 Å². The molecule has 1 heteroatoms. The predicted molar refractivity (Wildman–Crippen MR) is 65.3 cm³/mol. The average molecular weight is 197 g/mol. The van der Waals surface area contributed by atoms with E-state index in [-0.39, 0.29) is 5.41 Å². The van der Waals surface area contributed by atoms with Gasteiger partial charge in [0.1, 0.15) is 0 Å². The van der Waals surface area contributed by atoms with Crippen molar-refractivity contribution in [2.24, 2.45) is 10.8 Å². The molecule has 0 aliphatic heterocycles. The molecule has 0 saturated carbocycles. The maximum absolute atomic E-state index is 3.51. The Morgan fingerprint density at radius 1 is 0.929 bits per heavy atom. The third-order valence-corrected chi connectivity index (χ3v) is 2.57. The molecule has 0 amide bonds. The first-order valence-electron chi connectivity index (χ1n) is 5.46. The van der Waals surface area contributed by atoms with Crippen LogP contribution in [0.5, 0.6) is 0 Å². The van der Waals surface area contributed by atoms with Gasteiger partial charge in [-0.2, -0.15) is 0 Å². The summed E-state index contributed by atoms with van der Waals surface area (Å²) < 4.78 is 0. The van der Waals surface area contributed by atoms with Crippen LogP contribution in [0, 0.1) is 10.8 Å². The minimum absolute atomic E-state index is 0.273. The first-order valence-corrected chi connectivity index (χ1v) is 5.46. The molecule has 0 rings (SSSR count). The standard InChI is InChI=1S/C13H27N/c1-10(13(6,7)8)11(2)14-9-12(3,4)5/h14H,9H2,1-8H3/b11-10-. The minimum Gasteiger partial charge on any atom is -0.388 e. The lowest BCUT2D eigenvalue weighted by Crippen LogP contribution is -2.27. The molecule has 0 radical (unpaired) electrons. The van der Waals surface area contributed by atoms with E-state index < -0.39 is 0 Å². The summed E-state index contributed by atoms with van der Waals surface area (Å²) >= 11 is 0. The summed E-state index contributed by atoms with van der Waals surface area (Å²) in [6, 6.07) is 0. The van der Waals surface area contributed by atoms with Crippen LogP contribution in [0.25, 0.3) is 0 Å². The third-order valence-electron chi connectivity index (χ3n) is 2.57. The largest absolute Gasteiger partial charge is 0.388 e. The fourth-order valence-electron chi connectivity index (χ4n) is 1.09. The maximum Gasteiger partial charge on any atom is 0.0192 e. The van der Waals surface area contributed by atoms with Gasteiger partial charge in [-0.15, -0.1) is 0 Å². The SMILES string of the molecule is C/C(NCC(C)(C)C)=C(\C)C(C)(C)C. The van der Waals surface area contributed by atoms with Gasteiger partial charge in [0.25, 0.3) is 0 Å². The third kappa shape index (κ3) is 5.31. The Morgan fingerprint density at radius 2 is 1.36 bits per heavy atom. The molecule has 0 aromatic rings. The lowest BCUT2D eigenvalue weighted by Gasteiger charge is -2.26. The van der Waals surface area contributed by atoms with E-state index in [9.17, 15) is 0 Å². The van der Waals surface area contributed by atoms with E-state index in [1.165, 1.54) is 11.3 Å². The van der Waals surface area contributed by atoms with Crippen LogP contribution in [-0.4, -0.2) is 6.54 Å². The highest BCUT2D eigenvalue weighted by atomic mass is 14.9. The summed E-state index contributed by atoms with van der Waals surface area (Å²) in [5.41, 5.74) is 3.39. The van der Waals surface area contributed by atoms with Crippen LogP contribution >= 0.6 is 0 Å². The topological polar surface area (TPSA) is 12.0 Å². The quantitative estimate of drug-likeness (QED) is 0.706. The zero-order chi connectivity index (χ0) is 11.6. The van der Waals surface area contributed by atoms with Crippen molar-refractivity contribution in [3.8, 4) is 0 Å². The zero-order valence-corrected chi connectivity index (χ0v) is 11.2. The Bertz CT molecular complexity index is 210. The van der Waals surface area contributed by atoms with Crippen molar-refractivity contribution in [1.82, 2.24) is 5.32 Å². The van der Waals surface area contributed by atoms with E-state index >= 15 is 0 Å². The van der Waals surface area contributed by atoms with Crippen LogP contribution in [0.4, 0.5) is 0 Å². The van der Waals surface area contributed by atoms with Gasteiger partial charge in [0.2, 0.25) is 0 Å². The van der Waals surface area contributed by atoms with Crippen molar-refractivity contribution in [2.45, 2.75) is 55.4 Å². The van der Waals surface area contributed by atoms with Gasteiger partial charge in [-0.05, 0) is 30.3 Å². The number of hydrogen-bond acceptors (Lipinski definition) is 1. The van der Waals surface area contributed by atoms with E-state index in [0.717, 1.165) is 6.54 Å². The molecule has 0 aromatic heterocycles. The maximum atomic E-state index is 3.51. The monoisotopic (exact) mass is 197 g/mol. The van der Waals surface area contributed by atoms with Gasteiger partial charge < -0.3 is 5.32 Å². The molecular formula is C13H27N.